The minimum Gasteiger partial charge on any atom is -0.480 e. The van der Waals surface area contributed by atoms with Gasteiger partial charge in [-0.15, -0.1) is 0 Å². The van der Waals surface area contributed by atoms with E-state index in [-0.39, 0.29) is 12.5 Å². The van der Waals surface area contributed by atoms with Crippen LogP contribution < -0.4 is 0 Å². The zero-order chi connectivity index (χ0) is 12.7. The van der Waals surface area contributed by atoms with Gasteiger partial charge in [0.2, 0.25) is 5.91 Å². The average molecular weight is 243 g/mol. The van der Waals surface area contributed by atoms with Crippen molar-refractivity contribution < 1.29 is 19.4 Å². The Morgan fingerprint density at radius 2 is 2.12 bits per heavy atom. The predicted octanol–water partition coefficient (Wildman–Crippen LogP) is 1.13. The van der Waals surface area contributed by atoms with Gasteiger partial charge >= 0.3 is 5.97 Å². The summed E-state index contributed by atoms with van der Waals surface area (Å²) in [6.45, 7) is 3.54. The van der Waals surface area contributed by atoms with Gasteiger partial charge in [-0.2, -0.15) is 0 Å². The fourth-order valence-corrected chi connectivity index (χ4v) is 1.66. The average Bonchev–Trinajstić information content (AvgIpc) is 3.06. The molecule has 1 rings (SSSR count). The lowest BCUT2D eigenvalue weighted by atomic mass is 10.2. The number of ether oxygens (including phenoxy) is 1. The molecule has 0 aliphatic heterocycles. The maximum Gasteiger partial charge on any atom is 0.323 e. The number of rotatable bonds is 9. The Morgan fingerprint density at radius 1 is 1.41 bits per heavy atom. The highest BCUT2D eigenvalue weighted by Crippen LogP contribution is 2.29. The summed E-state index contributed by atoms with van der Waals surface area (Å²) >= 11 is 0. The van der Waals surface area contributed by atoms with Gasteiger partial charge < -0.3 is 14.7 Å². The van der Waals surface area contributed by atoms with E-state index in [1.807, 2.05) is 6.92 Å². The number of hydrogen-bond acceptors (Lipinski definition) is 3. The second kappa shape index (κ2) is 7.27. The summed E-state index contributed by atoms with van der Waals surface area (Å²) in [4.78, 5) is 24.0. The van der Waals surface area contributed by atoms with Gasteiger partial charge in [-0.25, -0.2) is 0 Å². The van der Waals surface area contributed by atoms with Crippen LogP contribution in [0, 0.1) is 5.92 Å². The Hall–Kier alpha value is -1.10. The number of carboxylic acid groups (broad SMARTS) is 1. The fraction of sp³-hybridized carbons (Fsp3) is 0.833. The summed E-state index contributed by atoms with van der Waals surface area (Å²) in [5.41, 5.74) is 0. The van der Waals surface area contributed by atoms with E-state index in [2.05, 4.69) is 0 Å². The van der Waals surface area contributed by atoms with Crippen molar-refractivity contribution in [3.05, 3.63) is 0 Å². The molecule has 0 atom stereocenters. The molecule has 5 heteroatoms. The standard InChI is InChI=1S/C12H21NO4/c1-2-17-7-3-4-11(14)13(9-12(15)16)8-10-5-6-10/h10H,2-9H2,1H3,(H,15,16). The van der Waals surface area contributed by atoms with Gasteiger partial charge in [0, 0.05) is 26.2 Å². The number of carbonyl (C=O) groups excluding carboxylic acids is 1. The van der Waals surface area contributed by atoms with Gasteiger partial charge in [0.1, 0.15) is 6.54 Å². The predicted molar refractivity (Wildman–Crippen MR) is 62.7 cm³/mol. The third-order valence-corrected chi connectivity index (χ3v) is 2.74. The third kappa shape index (κ3) is 6.26. The first-order valence-electron chi connectivity index (χ1n) is 6.20. The van der Waals surface area contributed by atoms with Gasteiger partial charge in [0.05, 0.1) is 0 Å². The topological polar surface area (TPSA) is 66.8 Å². The van der Waals surface area contributed by atoms with E-state index < -0.39 is 5.97 Å². The molecule has 0 heterocycles. The molecule has 0 aromatic carbocycles. The monoisotopic (exact) mass is 243 g/mol. The van der Waals surface area contributed by atoms with Crippen LogP contribution in [0.1, 0.15) is 32.6 Å². The highest BCUT2D eigenvalue weighted by Gasteiger charge is 2.27. The number of carboxylic acids is 1. The van der Waals surface area contributed by atoms with E-state index in [1.165, 1.54) is 4.90 Å². The molecule has 0 unspecified atom stereocenters. The highest BCUT2D eigenvalue weighted by atomic mass is 16.5. The molecule has 0 saturated heterocycles. The minimum absolute atomic E-state index is 0.0704. The molecule has 0 aromatic rings. The van der Waals surface area contributed by atoms with E-state index in [1.54, 1.807) is 0 Å². The van der Waals surface area contributed by atoms with Gasteiger partial charge in [-0.1, -0.05) is 0 Å². The Balaban J connectivity index is 2.27. The lowest BCUT2D eigenvalue weighted by Crippen LogP contribution is -2.37. The molecule has 0 spiro atoms. The molecule has 0 radical (unpaired) electrons. The van der Waals surface area contributed by atoms with Crippen molar-refractivity contribution in [2.75, 3.05) is 26.3 Å². The molecule has 1 fully saturated rings. The van der Waals surface area contributed by atoms with Crippen LogP contribution in [-0.4, -0.2) is 48.2 Å². The molecule has 1 saturated carbocycles. The quantitative estimate of drug-likeness (QED) is 0.616. The summed E-state index contributed by atoms with van der Waals surface area (Å²) in [5.74, 6) is -0.493. The molecule has 0 aromatic heterocycles. The normalized spacial score (nSPS) is 14.6. The van der Waals surface area contributed by atoms with Crippen LogP contribution in [0.3, 0.4) is 0 Å². The van der Waals surface area contributed by atoms with Crippen molar-refractivity contribution in [3.8, 4) is 0 Å². The number of aliphatic carboxylic acids is 1. The molecule has 1 amide bonds. The van der Waals surface area contributed by atoms with Crippen LogP contribution in [-0.2, 0) is 14.3 Å². The smallest absolute Gasteiger partial charge is 0.323 e. The van der Waals surface area contributed by atoms with Crippen molar-refractivity contribution >= 4 is 11.9 Å². The number of carbonyl (C=O) groups is 2. The first-order chi connectivity index (χ1) is 8.13. The van der Waals surface area contributed by atoms with Crippen molar-refractivity contribution in [2.45, 2.75) is 32.6 Å². The van der Waals surface area contributed by atoms with E-state index in [4.69, 9.17) is 9.84 Å². The Morgan fingerprint density at radius 3 is 2.65 bits per heavy atom. The number of nitrogens with zero attached hydrogens (tertiary/aromatic N) is 1. The first-order valence-corrected chi connectivity index (χ1v) is 6.20. The Bertz CT molecular complexity index is 263. The van der Waals surface area contributed by atoms with E-state index in [9.17, 15) is 9.59 Å². The minimum atomic E-state index is -0.941. The summed E-state index contributed by atoms with van der Waals surface area (Å²) in [7, 11) is 0. The summed E-state index contributed by atoms with van der Waals surface area (Å²) in [6, 6.07) is 0. The molecular weight excluding hydrogens is 222 g/mol. The lowest BCUT2D eigenvalue weighted by Gasteiger charge is -2.20. The van der Waals surface area contributed by atoms with Crippen LogP contribution in [0.2, 0.25) is 0 Å². The summed E-state index contributed by atoms with van der Waals surface area (Å²) in [5, 5.41) is 8.76. The maximum absolute atomic E-state index is 11.8. The van der Waals surface area contributed by atoms with Gasteiger partial charge in [0.25, 0.3) is 0 Å². The molecular formula is C12H21NO4. The zero-order valence-corrected chi connectivity index (χ0v) is 10.4. The Labute approximate surface area is 102 Å². The van der Waals surface area contributed by atoms with E-state index in [0.717, 1.165) is 12.8 Å². The number of amides is 1. The second-order valence-corrected chi connectivity index (χ2v) is 4.41. The summed E-state index contributed by atoms with van der Waals surface area (Å²) in [6.07, 6.45) is 3.26. The maximum atomic E-state index is 11.8. The highest BCUT2D eigenvalue weighted by molar-refractivity contribution is 5.81. The van der Waals surface area contributed by atoms with E-state index >= 15 is 0 Å². The SMILES string of the molecule is CCOCCCC(=O)N(CC(=O)O)CC1CC1. The third-order valence-electron chi connectivity index (χ3n) is 2.74. The second-order valence-electron chi connectivity index (χ2n) is 4.41. The van der Waals surface area contributed by atoms with Crippen molar-refractivity contribution in [2.24, 2.45) is 5.92 Å². The van der Waals surface area contributed by atoms with Crippen molar-refractivity contribution in [3.63, 3.8) is 0 Å². The van der Waals surface area contributed by atoms with Crippen LogP contribution in [0.4, 0.5) is 0 Å². The van der Waals surface area contributed by atoms with Crippen LogP contribution >= 0.6 is 0 Å². The Kier molecular flexibility index (Phi) is 5.97. The zero-order valence-electron chi connectivity index (χ0n) is 10.4. The molecule has 98 valence electrons. The summed E-state index contributed by atoms with van der Waals surface area (Å²) < 4.78 is 5.15. The van der Waals surface area contributed by atoms with Gasteiger partial charge in [-0.05, 0) is 32.1 Å². The molecule has 0 bridgehead atoms. The first kappa shape index (κ1) is 14.0. The van der Waals surface area contributed by atoms with Crippen molar-refractivity contribution in [1.82, 2.24) is 4.90 Å². The van der Waals surface area contributed by atoms with Crippen LogP contribution in [0.15, 0.2) is 0 Å². The number of hydrogen-bond donors (Lipinski definition) is 1. The van der Waals surface area contributed by atoms with Crippen molar-refractivity contribution in [1.29, 1.82) is 0 Å². The molecule has 17 heavy (non-hydrogen) atoms. The van der Waals surface area contributed by atoms with E-state index in [0.29, 0.717) is 38.5 Å². The van der Waals surface area contributed by atoms with Gasteiger partial charge in [-0.3, -0.25) is 9.59 Å². The largest absolute Gasteiger partial charge is 0.480 e. The van der Waals surface area contributed by atoms with Gasteiger partial charge in [0.15, 0.2) is 0 Å². The molecule has 5 nitrogen and oxygen atoms in total. The molecule has 1 aliphatic carbocycles. The van der Waals surface area contributed by atoms with Crippen LogP contribution in [0.5, 0.6) is 0 Å². The fourth-order valence-electron chi connectivity index (χ4n) is 1.66. The lowest BCUT2D eigenvalue weighted by molar-refractivity contribution is -0.144. The molecule has 1 N–H and O–H groups in total. The van der Waals surface area contributed by atoms with Crippen LogP contribution in [0.25, 0.3) is 0 Å². The molecule has 1 aliphatic rings.